The number of nitrogens with zero attached hydrogens (tertiary/aromatic N) is 2. The summed E-state index contributed by atoms with van der Waals surface area (Å²) in [7, 11) is -3.81. The first-order chi connectivity index (χ1) is 11.9. The highest BCUT2D eigenvalue weighted by Gasteiger charge is 2.24. The molecule has 10 heteroatoms. The number of halogens is 1. The van der Waals surface area contributed by atoms with Crippen molar-refractivity contribution in [2.75, 3.05) is 0 Å². The second-order valence-electron chi connectivity index (χ2n) is 4.97. The molecule has 1 aromatic carbocycles. The van der Waals surface area contributed by atoms with Crippen LogP contribution in [0.15, 0.2) is 57.1 Å². The normalized spacial score (nSPS) is 11.4. The topological polar surface area (TPSA) is 123 Å². The van der Waals surface area contributed by atoms with Gasteiger partial charge in [0.05, 0.1) is 11.3 Å². The van der Waals surface area contributed by atoms with E-state index in [-0.39, 0.29) is 21.4 Å². The van der Waals surface area contributed by atoms with Gasteiger partial charge in [0.1, 0.15) is 23.2 Å². The average molecular weight is 380 g/mol. The quantitative estimate of drug-likeness (QED) is 0.512. The number of rotatable bonds is 6. The Morgan fingerprint density at radius 2 is 1.88 bits per heavy atom. The van der Waals surface area contributed by atoms with E-state index in [4.69, 9.17) is 16.0 Å². The fraction of sp³-hybridized carbons (Fsp3) is 0.0667. The van der Waals surface area contributed by atoms with Gasteiger partial charge in [-0.05, 0) is 30.3 Å². The van der Waals surface area contributed by atoms with Crippen LogP contribution in [0.4, 0.5) is 0 Å². The van der Waals surface area contributed by atoms with Crippen molar-refractivity contribution in [1.29, 1.82) is 0 Å². The largest absolute Gasteiger partial charge is 0.467 e. The third-order valence-electron chi connectivity index (χ3n) is 3.28. The number of hydrogen-bond donors (Lipinski definition) is 1. The molecule has 0 amide bonds. The first-order valence-electron chi connectivity index (χ1n) is 6.89. The van der Waals surface area contributed by atoms with Crippen LogP contribution in [0, 0.1) is 0 Å². The predicted octanol–water partition coefficient (Wildman–Crippen LogP) is 1.88. The summed E-state index contributed by atoms with van der Waals surface area (Å²) in [6.07, 6.45) is 1.73. The summed E-state index contributed by atoms with van der Waals surface area (Å²) >= 11 is 5.75. The predicted molar refractivity (Wildman–Crippen MR) is 85.0 cm³/mol. The van der Waals surface area contributed by atoms with E-state index in [0.717, 1.165) is 12.6 Å². The third-order valence-corrected chi connectivity index (χ3v) is 5.26. The molecule has 0 radical (unpaired) electrons. The van der Waals surface area contributed by atoms with Gasteiger partial charge in [0.25, 0.3) is 5.78 Å². The maximum absolute atomic E-state index is 12.5. The minimum Gasteiger partial charge on any atom is -0.467 e. The number of aromatic amines is 1. The molecule has 0 aliphatic heterocycles. The van der Waals surface area contributed by atoms with Crippen molar-refractivity contribution in [3.63, 3.8) is 0 Å². The lowest BCUT2D eigenvalue weighted by atomic mass is 10.1. The second kappa shape index (κ2) is 6.61. The molecule has 0 atom stereocenters. The van der Waals surface area contributed by atoms with E-state index in [0.29, 0.717) is 5.02 Å². The number of sulfone groups is 1. The van der Waals surface area contributed by atoms with Gasteiger partial charge < -0.3 is 4.42 Å². The number of nitrogens with one attached hydrogen (secondary N) is 1. The lowest BCUT2D eigenvalue weighted by Crippen LogP contribution is -2.17. The summed E-state index contributed by atoms with van der Waals surface area (Å²) in [6.45, 7) is 0. The molecule has 0 spiro atoms. The van der Waals surface area contributed by atoms with Crippen LogP contribution in [-0.4, -0.2) is 35.2 Å². The van der Waals surface area contributed by atoms with Crippen LogP contribution < -0.4 is 0 Å². The molecule has 0 aliphatic carbocycles. The molecule has 3 rings (SSSR count). The zero-order valence-corrected chi connectivity index (χ0v) is 14.0. The number of carbonyl (C=O) groups is 2. The molecule has 0 aliphatic rings. The lowest BCUT2D eigenvalue weighted by molar-refractivity contribution is -0.114. The summed E-state index contributed by atoms with van der Waals surface area (Å²) < 4.78 is 30.1. The van der Waals surface area contributed by atoms with Gasteiger partial charge in [-0.3, -0.25) is 14.7 Å². The fourth-order valence-electron chi connectivity index (χ4n) is 2.03. The smallest absolute Gasteiger partial charge is 0.265 e. The number of ketones is 2. The summed E-state index contributed by atoms with van der Waals surface area (Å²) in [5.41, 5.74) is 0. The second-order valence-corrected chi connectivity index (χ2v) is 7.36. The van der Waals surface area contributed by atoms with E-state index in [2.05, 4.69) is 15.2 Å². The first kappa shape index (κ1) is 17.1. The molecule has 1 N–H and O–H groups in total. The van der Waals surface area contributed by atoms with Gasteiger partial charge >= 0.3 is 0 Å². The van der Waals surface area contributed by atoms with Crippen LogP contribution >= 0.6 is 11.6 Å². The van der Waals surface area contributed by atoms with Crippen molar-refractivity contribution in [1.82, 2.24) is 15.2 Å². The number of hydrogen-bond acceptors (Lipinski definition) is 7. The van der Waals surface area contributed by atoms with Crippen molar-refractivity contribution in [2.24, 2.45) is 0 Å². The van der Waals surface area contributed by atoms with E-state index in [1.165, 1.54) is 30.3 Å². The monoisotopic (exact) mass is 379 g/mol. The Morgan fingerprint density at radius 3 is 2.52 bits per heavy atom. The SMILES string of the molecule is O=C(Cc1cc(S(=O)(=O)c2ccc(Cl)cc2)co1)C(=O)c1ncn[nH]1. The standard InChI is InChI=1S/C15H10ClN3O5S/c16-9-1-3-11(4-2-9)25(22,23)12-5-10(24-7-12)6-13(20)14(21)15-17-8-18-19-15/h1-5,7-8H,6H2,(H,17,18,19). The van der Waals surface area contributed by atoms with Gasteiger partial charge in [-0.15, -0.1) is 0 Å². The summed E-state index contributed by atoms with van der Waals surface area (Å²) in [6, 6.07) is 6.84. The zero-order chi connectivity index (χ0) is 18.0. The number of carbonyl (C=O) groups excluding carboxylic acids is 2. The highest BCUT2D eigenvalue weighted by molar-refractivity contribution is 7.91. The number of benzene rings is 1. The van der Waals surface area contributed by atoms with Crippen LogP contribution in [0.5, 0.6) is 0 Å². The maximum atomic E-state index is 12.5. The van der Waals surface area contributed by atoms with Crippen LogP contribution in [0.3, 0.4) is 0 Å². The van der Waals surface area contributed by atoms with Crippen molar-refractivity contribution < 1.29 is 22.4 Å². The molecule has 2 heterocycles. The number of Topliss-reactive ketones (excluding diaryl/α,β-unsaturated/α-hetero) is 2. The molecule has 0 unspecified atom stereocenters. The zero-order valence-electron chi connectivity index (χ0n) is 12.5. The molecule has 128 valence electrons. The van der Waals surface area contributed by atoms with Crippen molar-refractivity contribution in [2.45, 2.75) is 16.2 Å². The first-order valence-corrected chi connectivity index (χ1v) is 8.75. The summed E-state index contributed by atoms with van der Waals surface area (Å²) in [4.78, 5) is 27.2. The Balaban J connectivity index is 1.79. The molecule has 2 aromatic heterocycles. The van der Waals surface area contributed by atoms with E-state index < -0.39 is 27.8 Å². The van der Waals surface area contributed by atoms with Gasteiger partial charge in [0, 0.05) is 5.02 Å². The Kier molecular flexibility index (Phi) is 4.51. The van der Waals surface area contributed by atoms with Crippen molar-refractivity contribution in [3.05, 3.63) is 59.5 Å². The molecule has 3 aromatic rings. The molecule has 0 bridgehead atoms. The molecule has 0 fully saturated rings. The Hall–Kier alpha value is -2.78. The Labute approximate surface area is 146 Å². The molecular weight excluding hydrogens is 370 g/mol. The van der Waals surface area contributed by atoms with E-state index in [1.807, 2.05) is 0 Å². The Bertz CT molecular complexity index is 1020. The molecule has 8 nitrogen and oxygen atoms in total. The molecule has 0 saturated carbocycles. The van der Waals surface area contributed by atoms with Crippen molar-refractivity contribution in [3.8, 4) is 0 Å². The van der Waals surface area contributed by atoms with Gasteiger partial charge in [0.15, 0.2) is 5.82 Å². The van der Waals surface area contributed by atoms with Gasteiger partial charge in [-0.1, -0.05) is 11.6 Å². The Morgan fingerprint density at radius 1 is 1.16 bits per heavy atom. The van der Waals surface area contributed by atoms with Gasteiger partial charge in [0.2, 0.25) is 15.6 Å². The van der Waals surface area contributed by atoms with Crippen LogP contribution in [-0.2, 0) is 21.1 Å². The van der Waals surface area contributed by atoms with E-state index >= 15 is 0 Å². The van der Waals surface area contributed by atoms with Gasteiger partial charge in [-0.2, -0.15) is 5.10 Å². The average Bonchev–Trinajstić information content (AvgIpc) is 3.26. The van der Waals surface area contributed by atoms with E-state index in [9.17, 15) is 18.0 Å². The number of H-pyrrole nitrogens is 1. The van der Waals surface area contributed by atoms with E-state index in [1.54, 1.807) is 0 Å². The number of furan rings is 1. The maximum Gasteiger partial charge on any atom is 0.265 e. The third kappa shape index (κ3) is 3.52. The lowest BCUT2D eigenvalue weighted by Gasteiger charge is -2.00. The van der Waals surface area contributed by atoms with Crippen LogP contribution in [0.1, 0.15) is 16.4 Å². The minimum atomic E-state index is -3.81. The minimum absolute atomic E-state index is 0.0355. The molecule has 25 heavy (non-hydrogen) atoms. The number of aromatic nitrogens is 3. The van der Waals surface area contributed by atoms with Crippen molar-refractivity contribution >= 4 is 33.0 Å². The summed E-state index contributed by atoms with van der Waals surface area (Å²) in [5.74, 6) is -1.81. The highest BCUT2D eigenvalue weighted by Crippen LogP contribution is 2.24. The fourth-order valence-corrected chi connectivity index (χ4v) is 3.38. The summed E-state index contributed by atoms with van der Waals surface area (Å²) in [5, 5.41) is 6.18. The highest BCUT2D eigenvalue weighted by atomic mass is 35.5. The van der Waals surface area contributed by atoms with Gasteiger partial charge in [-0.25, -0.2) is 13.4 Å². The molecule has 0 saturated heterocycles. The van der Waals surface area contributed by atoms with Crippen LogP contribution in [0.25, 0.3) is 0 Å². The molecular formula is C15H10ClN3O5S. The van der Waals surface area contributed by atoms with Crippen LogP contribution in [0.2, 0.25) is 5.02 Å².